The second kappa shape index (κ2) is 6.50. The van der Waals surface area contributed by atoms with Gasteiger partial charge in [-0.25, -0.2) is 4.39 Å². The molecule has 2 heterocycles. The van der Waals surface area contributed by atoms with E-state index in [9.17, 15) is 23.9 Å². The average Bonchev–Trinajstić information content (AvgIpc) is 3.23. The molecule has 2 aromatic rings. The third-order valence-electron chi connectivity index (χ3n) is 5.15. The monoisotopic (exact) mass is 368 g/mol. The summed E-state index contributed by atoms with van der Waals surface area (Å²) < 4.78 is 14.0. The maximum Gasteiger partial charge on any atom is 0.312 e. The van der Waals surface area contributed by atoms with Crippen molar-refractivity contribution in [2.45, 2.75) is 12.3 Å². The number of fused-ring (bicyclic) bond motifs is 1. The number of aliphatic carboxylic acids is 1. The number of hydrogen-bond acceptors (Lipinski definition) is 3. The third kappa shape index (κ3) is 2.85. The van der Waals surface area contributed by atoms with Gasteiger partial charge in [-0.1, -0.05) is 30.3 Å². The number of carbonyl (C=O) groups excluding carboxylic acids is 2. The smallest absolute Gasteiger partial charge is 0.312 e. The zero-order valence-electron chi connectivity index (χ0n) is 14.3. The highest BCUT2D eigenvalue weighted by atomic mass is 19.1. The largest absolute Gasteiger partial charge is 0.481 e. The molecule has 0 aromatic heterocycles. The number of rotatable bonds is 3. The Morgan fingerprint density at radius 2 is 1.67 bits per heavy atom. The van der Waals surface area contributed by atoms with E-state index in [0.29, 0.717) is 11.3 Å². The van der Waals surface area contributed by atoms with Gasteiger partial charge in [0.25, 0.3) is 0 Å². The molecule has 2 unspecified atom stereocenters. The number of carboxylic acids is 1. The first-order chi connectivity index (χ1) is 13.0. The van der Waals surface area contributed by atoms with Crippen LogP contribution in [-0.2, 0) is 14.4 Å². The lowest BCUT2D eigenvalue weighted by Crippen LogP contribution is -2.37. The molecule has 7 heteroatoms. The van der Waals surface area contributed by atoms with Crippen molar-refractivity contribution in [3.8, 4) is 0 Å². The van der Waals surface area contributed by atoms with Crippen LogP contribution >= 0.6 is 0 Å². The van der Waals surface area contributed by atoms with E-state index < -0.39 is 23.6 Å². The molecule has 138 valence electrons. The van der Waals surface area contributed by atoms with E-state index in [0.717, 1.165) is 0 Å². The minimum Gasteiger partial charge on any atom is -0.481 e. The van der Waals surface area contributed by atoms with Crippen molar-refractivity contribution in [1.82, 2.24) is 0 Å². The van der Waals surface area contributed by atoms with Gasteiger partial charge in [-0.05, 0) is 23.8 Å². The van der Waals surface area contributed by atoms with Gasteiger partial charge in [-0.15, -0.1) is 0 Å². The van der Waals surface area contributed by atoms with Gasteiger partial charge < -0.3 is 14.9 Å². The second-order valence-corrected chi connectivity index (χ2v) is 6.76. The minimum atomic E-state index is -0.992. The first-order valence-electron chi connectivity index (χ1n) is 8.65. The summed E-state index contributed by atoms with van der Waals surface area (Å²) >= 11 is 0. The molecule has 6 nitrogen and oxygen atoms in total. The maximum absolute atomic E-state index is 14.0. The SMILES string of the molecule is O=C(O)C1CN(C(=O)C2CC(=O)N(c3ccccc3F)C2)c2ccccc21. The molecule has 0 saturated carbocycles. The lowest BCUT2D eigenvalue weighted by atomic mass is 10.0. The average molecular weight is 368 g/mol. The molecule has 2 amide bonds. The first-order valence-corrected chi connectivity index (χ1v) is 8.65. The van der Waals surface area contributed by atoms with E-state index in [1.54, 1.807) is 30.3 Å². The molecule has 1 N–H and O–H groups in total. The van der Waals surface area contributed by atoms with Crippen molar-refractivity contribution < 1.29 is 23.9 Å². The Balaban J connectivity index is 1.59. The molecule has 1 fully saturated rings. The summed E-state index contributed by atoms with van der Waals surface area (Å²) in [4.78, 5) is 39.7. The van der Waals surface area contributed by atoms with Crippen molar-refractivity contribution in [3.05, 3.63) is 59.9 Å². The Hall–Kier alpha value is -3.22. The van der Waals surface area contributed by atoms with Gasteiger partial charge in [-0.2, -0.15) is 0 Å². The Morgan fingerprint density at radius 3 is 2.37 bits per heavy atom. The van der Waals surface area contributed by atoms with E-state index in [1.165, 1.54) is 28.0 Å². The van der Waals surface area contributed by atoms with E-state index in [2.05, 4.69) is 0 Å². The number of carboxylic acid groups (broad SMARTS) is 1. The molecule has 1 saturated heterocycles. The fraction of sp³-hybridized carbons (Fsp3) is 0.250. The number of anilines is 2. The van der Waals surface area contributed by atoms with Crippen molar-refractivity contribution >= 4 is 29.2 Å². The van der Waals surface area contributed by atoms with Gasteiger partial charge >= 0.3 is 5.97 Å². The number of hydrogen-bond donors (Lipinski definition) is 1. The molecular weight excluding hydrogens is 351 g/mol. The Morgan fingerprint density at radius 1 is 1.00 bits per heavy atom. The number of benzene rings is 2. The number of nitrogens with zero attached hydrogens (tertiary/aromatic N) is 2. The third-order valence-corrected chi connectivity index (χ3v) is 5.15. The topological polar surface area (TPSA) is 77.9 Å². The summed E-state index contributed by atoms with van der Waals surface area (Å²) in [6, 6.07) is 12.8. The quantitative estimate of drug-likeness (QED) is 0.902. The summed E-state index contributed by atoms with van der Waals surface area (Å²) in [6.07, 6.45) is -0.0242. The molecule has 0 radical (unpaired) electrons. The van der Waals surface area contributed by atoms with E-state index in [-0.39, 0.29) is 37.0 Å². The van der Waals surface area contributed by atoms with Crippen molar-refractivity contribution in [2.75, 3.05) is 22.9 Å². The lowest BCUT2D eigenvalue weighted by Gasteiger charge is -2.22. The summed E-state index contributed by atoms with van der Waals surface area (Å²) in [5, 5.41) is 9.45. The predicted molar refractivity (Wildman–Crippen MR) is 96.0 cm³/mol. The highest BCUT2D eigenvalue weighted by Gasteiger charge is 2.42. The van der Waals surface area contributed by atoms with Gasteiger partial charge in [-0.3, -0.25) is 14.4 Å². The van der Waals surface area contributed by atoms with Crippen LogP contribution in [0, 0.1) is 11.7 Å². The van der Waals surface area contributed by atoms with Crippen LogP contribution in [0.15, 0.2) is 48.5 Å². The summed E-state index contributed by atoms with van der Waals surface area (Å²) in [6.45, 7) is 0.118. The fourth-order valence-corrected chi connectivity index (χ4v) is 3.82. The van der Waals surface area contributed by atoms with Gasteiger partial charge in [0.1, 0.15) is 11.7 Å². The number of halogens is 1. The molecule has 4 rings (SSSR count). The summed E-state index contributed by atoms with van der Waals surface area (Å²) in [5.74, 6) is -3.56. The number of carbonyl (C=O) groups is 3. The minimum absolute atomic E-state index is 0.0242. The van der Waals surface area contributed by atoms with Gasteiger partial charge in [0, 0.05) is 25.2 Å². The number of para-hydroxylation sites is 2. The van der Waals surface area contributed by atoms with Crippen LogP contribution in [0.3, 0.4) is 0 Å². The molecule has 2 atom stereocenters. The zero-order valence-corrected chi connectivity index (χ0v) is 14.3. The van der Waals surface area contributed by atoms with Crippen LogP contribution in [-0.4, -0.2) is 36.0 Å². The fourth-order valence-electron chi connectivity index (χ4n) is 3.82. The van der Waals surface area contributed by atoms with Crippen LogP contribution < -0.4 is 9.80 Å². The lowest BCUT2D eigenvalue weighted by molar-refractivity contribution is -0.138. The maximum atomic E-state index is 14.0. The van der Waals surface area contributed by atoms with Crippen molar-refractivity contribution in [3.63, 3.8) is 0 Å². The summed E-state index contributed by atoms with van der Waals surface area (Å²) in [7, 11) is 0. The van der Waals surface area contributed by atoms with Gasteiger partial charge in [0.15, 0.2) is 0 Å². The molecule has 2 aromatic carbocycles. The van der Waals surface area contributed by atoms with Crippen molar-refractivity contribution in [2.24, 2.45) is 5.92 Å². The molecule has 2 aliphatic rings. The zero-order chi connectivity index (χ0) is 19.1. The van der Waals surface area contributed by atoms with Gasteiger partial charge in [0.2, 0.25) is 11.8 Å². The van der Waals surface area contributed by atoms with Crippen LogP contribution in [0.2, 0.25) is 0 Å². The van der Waals surface area contributed by atoms with Crippen LogP contribution in [0.4, 0.5) is 15.8 Å². The second-order valence-electron chi connectivity index (χ2n) is 6.76. The highest BCUT2D eigenvalue weighted by Crippen LogP contribution is 2.38. The highest BCUT2D eigenvalue weighted by molar-refractivity contribution is 6.06. The van der Waals surface area contributed by atoms with E-state index >= 15 is 0 Å². The normalized spacial score (nSPS) is 21.4. The standard InChI is InChI=1S/C20H17FN2O4/c21-15-6-2-4-8-17(15)22-10-12(9-18(22)24)19(25)23-11-14(20(26)27)13-5-1-3-7-16(13)23/h1-8,12,14H,9-11H2,(H,26,27). The van der Waals surface area contributed by atoms with Gasteiger partial charge in [0.05, 0.1) is 11.6 Å². The molecule has 0 aliphatic carbocycles. The molecule has 0 bridgehead atoms. The van der Waals surface area contributed by atoms with Crippen LogP contribution in [0.25, 0.3) is 0 Å². The van der Waals surface area contributed by atoms with E-state index in [1.807, 2.05) is 0 Å². The molecule has 0 spiro atoms. The number of amides is 2. The summed E-state index contributed by atoms with van der Waals surface area (Å²) in [5.41, 5.74) is 1.31. The van der Waals surface area contributed by atoms with Crippen molar-refractivity contribution in [1.29, 1.82) is 0 Å². The van der Waals surface area contributed by atoms with Crippen LogP contribution in [0.5, 0.6) is 0 Å². The molecule has 2 aliphatic heterocycles. The molecular formula is C20H17FN2O4. The Kier molecular flexibility index (Phi) is 4.14. The van der Waals surface area contributed by atoms with E-state index in [4.69, 9.17) is 0 Å². The first kappa shape index (κ1) is 17.2. The Labute approximate surface area is 154 Å². The van der Waals surface area contributed by atoms with Crippen LogP contribution in [0.1, 0.15) is 17.9 Å². The Bertz CT molecular complexity index is 945. The molecule has 27 heavy (non-hydrogen) atoms. The predicted octanol–water partition coefficient (Wildman–Crippen LogP) is 2.39.